The zero-order valence-electron chi connectivity index (χ0n) is 21.7. The fourth-order valence-corrected chi connectivity index (χ4v) is 3.23. The number of anilines is 3. The van der Waals surface area contributed by atoms with Crippen LogP contribution in [0.25, 0.3) is 0 Å². The summed E-state index contributed by atoms with van der Waals surface area (Å²) < 4.78 is 5.60. The molecular weight excluding hydrogens is 470 g/mol. The number of para-hydroxylation sites is 1. The van der Waals surface area contributed by atoms with Gasteiger partial charge in [-0.3, -0.25) is 9.59 Å². The molecule has 8 nitrogen and oxygen atoms in total. The lowest BCUT2D eigenvalue weighted by atomic mass is 10.1. The second-order valence-electron chi connectivity index (χ2n) is 8.22. The lowest BCUT2D eigenvalue weighted by Gasteiger charge is -2.11. The molecule has 0 saturated carbocycles. The summed E-state index contributed by atoms with van der Waals surface area (Å²) in [4.78, 5) is 35.6. The molecule has 0 heterocycles. The number of rotatable bonds is 10. The third kappa shape index (κ3) is 10.0. The normalized spacial score (nSPS) is 10.8. The van der Waals surface area contributed by atoms with Crippen molar-refractivity contribution in [2.75, 3.05) is 22.6 Å². The van der Waals surface area contributed by atoms with E-state index in [1.54, 1.807) is 55.5 Å². The van der Waals surface area contributed by atoms with Crippen LogP contribution in [0.3, 0.4) is 0 Å². The number of carboxylic acids is 1. The van der Waals surface area contributed by atoms with Gasteiger partial charge in [0, 0.05) is 23.1 Å². The molecule has 196 valence electrons. The molecule has 8 heteroatoms. The van der Waals surface area contributed by atoms with E-state index in [0.717, 1.165) is 16.8 Å². The van der Waals surface area contributed by atoms with Crippen molar-refractivity contribution in [3.63, 3.8) is 0 Å². The van der Waals surface area contributed by atoms with Gasteiger partial charge in [-0.25, -0.2) is 4.79 Å². The van der Waals surface area contributed by atoms with Crippen molar-refractivity contribution < 1.29 is 24.2 Å². The van der Waals surface area contributed by atoms with Gasteiger partial charge in [0.1, 0.15) is 5.75 Å². The fourth-order valence-electron chi connectivity index (χ4n) is 3.23. The largest absolute Gasteiger partial charge is 0.493 e. The van der Waals surface area contributed by atoms with Crippen LogP contribution in [0.2, 0.25) is 0 Å². The van der Waals surface area contributed by atoms with Gasteiger partial charge in [0.2, 0.25) is 5.91 Å². The Kier molecular flexibility index (Phi) is 11.7. The number of hydrogen-bond donors (Lipinski definition) is 4. The van der Waals surface area contributed by atoms with E-state index in [2.05, 4.69) is 16.0 Å². The summed E-state index contributed by atoms with van der Waals surface area (Å²) in [7, 11) is 0. The Labute approximate surface area is 218 Å². The quantitative estimate of drug-likeness (QED) is 0.257. The topological polar surface area (TPSA) is 117 Å². The monoisotopic (exact) mass is 505 g/mol. The lowest BCUT2D eigenvalue weighted by Crippen LogP contribution is -2.20. The highest BCUT2D eigenvalue weighted by Gasteiger charge is 2.11. The van der Waals surface area contributed by atoms with E-state index < -0.39 is 11.9 Å². The van der Waals surface area contributed by atoms with E-state index in [1.165, 1.54) is 0 Å². The summed E-state index contributed by atoms with van der Waals surface area (Å²) in [6, 6.07) is 21.2. The summed E-state index contributed by atoms with van der Waals surface area (Å²) >= 11 is 0. The van der Waals surface area contributed by atoms with Crippen LogP contribution in [-0.4, -0.2) is 29.6 Å². The van der Waals surface area contributed by atoms with Gasteiger partial charge in [-0.1, -0.05) is 57.2 Å². The zero-order valence-corrected chi connectivity index (χ0v) is 21.7. The average molecular weight is 506 g/mol. The number of amides is 3. The Balaban J connectivity index is 0.00000235. The number of ether oxygens (including phenoxy) is 1. The summed E-state index contributed by atoms with van der Waals surface area (Å²) in [6.07, 6.45) is 0.557. The summed E-state index contributed by atoms with van der Waals surface area (Å²) in [5, 5.41) is 17.4. The van der Waals surface area contributed by atoms with Crippen LogP contribution in [0.15, 0.2) is 72.8 Å². The van der Waals surface area contributed by atoms with Crippen LogP contribution in [0.1, 0.15) is 38.3 Å². The number of carbonyl (C=O) groups excluding carboxylic acids is 2. The molecule has 3 aromatic rings. The second kappa shape index (κ2) is 14.9. The van der Waals surface area contributed by atoms with Crippen molar-refractivity contribution in [2.45, 2.75) is 40.5 Å². The molecule has 0 aromatic heterocycles. The van der Waals surface area contributed by atoms with Crippen molar-refractivity contribution in [3.05, 3.63) is 83.9 Å². The molecule has 1 atom stereocenters. The number of carbonyl (C=O) groups is 3. The first-order valence-corrected chi connectivity index (χ1v) is 12.3. The third-order valence-corrected chi connectivity index (χ3v) is 5.33. The van der Waals surface area contributed by atoms with Gasteiger partial charge in [-0.05, 0) is 54.8 Å². The Hall–Kier alpha value is -4.33. The first kappa shape index (κ1) is 28.9. The van der Waals surface area contributed by atoms with Crippen LogP contribution in [0.5, 0.6) is 5.75 Å². The molecule has 3 rings (SSSR count). The number of carboxylic acid groups (broad SMARTS) is 1. The molecule has 0 fully saturated rings. The van der Waals surface area contributed by atoms with E-state index in [1.807, 2.05) is 45.0 Å². The van der Waals surface area contributed by atoms with E-state index in [-0.39, 0.29) is 25.0 Å². The molecule has 0 radical (unpaired) electrons. The predicted octanol–water partition coefficient (Wildman–Crippen LogP) is 6.34. The maximum absolute atomic E-state index is 12.5. The van der Waals surface area contributed by atoms with Crippen molar-refractivity contribution in [3.8, 4) is 5.75 Å². The molecule has 3 aromatic carbocycles. The summed E-state index contributed by atoms with van der Waals surface area (Å²) in [5.41, 5.74) is 3.70. The highest BCUT2D eigenvalue weighted by Crippen LogP contribution is 2.19. The number of hydrogen-bond acceptors (Lipinski definition) is 4. The zero-order chi connectivity index (χ0) is 27.2. The van der Waals surface area contributed by atoms with Crippen LogP contribution < -0.4 is 20.7 Å². The number of aliphatic carboxylic acids is 1. The van der Waals surface area contributed by atoms with E-state index in [9.17, 15) is 14.4 Å². The van der Waals surface area contributed by atoms with Crippen molar-refractivity contribution in [2.24, 2.45) is 5.92 Å². The third-order valence-electron chi connectivity index (χ3n) is 5.33. The number of benzene rings is 3. The molecule has 0 bridgehead atoms. The predicted molar refractivity (Wildman–Crippen MR) is 147 cm³/mol. The minimum Gasteiger partial charge on any atom is -0.493 e. The summed E-state index contributed by atoms with van der Waals surface area (Å²) in [6.45, 7) is 7.82. The molecule has 37 heavy (non-hydrogen) atoms. The maximum Gasteiger partial charge on any atom is 0.323 e. The Bertz CT molecular complexity index is 1180. The smallest absolute Gasteiger partial charge is 0.323 e. The SMILES string of the molecule is CC.Cc1ccccc1NC(=O)Nc1ccc(CC(=O)Nc2cccc(OCCC(C)C(=O)O)c2)cc1. The number of aryl methyl sites for hydroxylation is 1. The highest BCUT2D eigenvalue weighted by molar-refractivity contribution is 6.00. The molecule has 0 spiro atoms. The minimum atomic E-state index is -0.857. The first-order valence-electron chi connectivity index (χ1n) is 12.3. The van der Waals surface area contributed by atoms with Gasteiger partial charge < -0.3 is 25.8 Å². The van der Waals surface area contributed by atoms with Crippen molar-refractivity contribution in [1.82, 2.24) is 0 Å². The minimum absolute atomic E-state index is 0.164. The van der Waals surface area contributed by atoms with Crippen LogP contribution >= 0.6 is 0 Å². The average Bonchev–Trinajstić information content (AvgIpc) is 2.88. The number of nitrogens with one attached hydrogen (secondary N) is 3. The van der Waals surface area contributed by atoms with Crippen LogP contribution in [0, 0.1) is 12.8 Å². The Morgan fingerprint density at radius 2 is 1.57 bits per heavy atom. The maximum atomic E-state index is 12.5. The van der Waals surface area contributed by atoms with E-state index >= 15 is 0 Å². The Morgan fingerprint density at radius 1 is 0.865 bits per heavy atom. The van der Waals surface area contributed by atoms with E-state index in [0.29, 0.717) is 23.5 Å². The second-order valence-corrected chi connectivity index (χ2v) is 8.22. The van der Waals surface area contributed by atoms with Crippen molar-refractivity contribution >= 4 is 35.0 Å². The molecule has 1 unspecified atom stereocenters. The Morgan fingerprint density at radius 3 is 2.24 bits per heavy atom. The molecule has 0 saturated heterocycles. The molecule has 0 aliphatic heterocycles. The fraction of sp³-hybridized carbons (Fsp3) is 0.276. The van der Waals surface area contributed by atoms with Gasteiger partial charge in [-0.15, -0.1) is 0 Å². The van der Waals surface area contributed by atoms with Crippen LogP contribution in [0.4, 0.5) is 21.9 Å². The van der Waals surface area contributed by atoms with Crippen molar-refractivity contribution in [1.29, 1.82) is 0 Å². The van der Waals surface area contributed by atoms with Gasteiger partial charge in [0.15, 0.2) is 0 Å². The van der Waals surface area contributed by atoms with Crippen LogP contribution in [-0.2, 0) is 16.0 Å². The molecule has 4 N–H and O–H groups in total. The van der Waals surface area contributed by atoms with Gasteiger partial charge in [-0.2, -0.15) is 0 Å². The molecule has 0 aliphatic carbocycles. The molecular formula is C29H35N3O5. The van der Waals surface area contributed by atoms with E-state index in [4.69, 9.17) is 9.84 Å². The molecule has 0 aliphatic rings. The first-order chi connectivity index (χ1) is 17.8. The van der Waals surface area contributed by atoms with Gasteiger partial charge >= 0.3 is 12.0 Å². The number of urea groups is 1. The highest BCUT2D eigenvalue weighted by atomic mass is 16.5. The van der Waals surface area contributed by atoms with Gasteiger partial charge in [0.25, 0.3) is 0 Å². The lowest BCUT2D eigenvalue weighted by molar-refractivity contribution is -0.141. The molecule has 3 amide bonds. The summed E-state index contributed by atoms with van der Waals surface area (Å²) in [5.74, 6) is -0.981. The van der Waals surface area contributed by atoms with Gasteiger partial charge in [0.05, 0.1) is 18.9 Å². The standard InChI is InChI=1S/C27H29N3O5.C2H6/c1-18-6-3-4-9-24(18)30-27(34)29-21-12-10-20(11-13-21)16-25(31)28-22-7-5-8-23(17-22)35-15-14-19(2)26(32)33;1-2/h3-13,17,19H,14-16H2,1-2H3,(H,28,31)(H,32,33)(H2,29,30,34);1-2H3.